The van der Waals surface area contributed by atoms with Gasteiger partial charge >= 0.3 is 0 Å². The third-order valence-electron chi connectivity index (χ3n) is 6.29. The van der Waals surface area contributed by atoms with Crippen LogP contribution < -0.4 is 14.2 Å². The molecule has 1 saturated heterocycles. The third kappa shape index (κ3) is 7.05. The Kier molecular flexibility index (Phi) is 9.40. The molecule has 6 nitrogen and oxygen atoms in total. The lowest BCUT2D eigenvalue weighted by atomic mass is 10.0. The standard InChI is InChI=1S/C31H32BrNO5S/c1-19(2)24-11-8-21(4)14-26(24)37-13-12-33-30(34)28(39-31(33)35)17-23-15-25(32)29(27(16-23)36-5)38-18-22-9-6-20(3)7-10-22/h6-11,14-17,19H,12-13,18H2,1-5H3/b28-17-. The molecule has 0 atom stereocenters. The molecule has 0 saturated carbocycles. The second-order valence-corrected chi connectivity index (χ2v) is 11.5. The fourth-order valence-corrected chi connectivity index (χ4v) is 5.58. The molecular formula is C31H32BrNO5S. The first-order valence-corrected chi connectivity index (χ1v) is 14.3. The van der Waals surface area contributed by atoms with Gasteiger partial charge in [-0.3, -0.25) is 14.5 Å². The van der Waals surface area contributed by atoms with Crippen molar-refractivity contribution in [3.8, 4) is 17.2 Å². The minimum atomic E-state index is -0.336. The van der Waals surface area contributed by atoms with E-state index in [1.165, 1.54) is 10.5 Å². The number of aryl methyl sites for hydroxylation is 2. The molecule has 0 spiro atoms. The second-order valence-electron chi connectivity index (χ2n) is 9.69. The van der Waals surface area contributed by atoms with E-state index in [4.69, 9.17) is 14.2 Å². The highest BCUT2D eigenvalue weighted by atomic mass is 79.9. The van der Waals surface area contributed by atoms with Gasteiger partial charge in [0.1, 0.15) is 19.0 Å². The highest BCUT2D eigenvalue weighted by Crippen LogP contribution is 2.39. The normalized spacial score (nSPS) is 14.4. The highest BCUT2D eigenvalue weighted by molar-refractivity contribution is 9.10. The molecule has 3 aromatic rings. The first-order valence-electron chi connectivity index (χ1n) is 12.7. The molecule has 4 rings (SSSR count). The number of carbonyl (C=O) groups excluding carboxylic acids is 2. The lowest BCUT2D eigenvalue weighted by molar-refractivity contribution is -0.123. The summed E-state index contributed by atoms with van der Waals surface area (Å²) in [5, 5.41) is -0.313. The summed E-state index contributed by atoms with van der Waals surface area (Å²) in [5.74, 6) is 1.84. The van der Waals surface area contributed by atoms with E-state index >= 15 is 0 Å². The Hall–Kier alpha value is -3.23. The van der Waals surface area contributed by atoms with E-state index in [0.717, 1.165) is 34.2 Å². The van der Waals surface area contributed by atoms with Crippen molar-refractivity contribution in [3.63, 3.8) is 0 Å². The summed E-state index contributed by atoms with van der Waals surface area (Å²) in [4.78, 5) is 27.3. The Morgan fingerprint density at radius 1 is 0.949 bits per heavy atom. The van der Waals surface area contributed by atoms with Gasteiger partial charge in [-0.25, -0.2) is 0 Å². The van der Waals surface area contributed by atoms with Crippen molar-refractivity contribution >= 4 is 44.9 Å². The quantitative estimate of drug-likeness (QED) is 0.218. The van der Waals surface area contributed by atoms with Crippen LogP contribution in [0.1, 0.15) is 47.6 Å². The van der Waals surface area contributed by atoms with Crippen molar-refractivity contribution in [1.29, 1.82) is 0 Å². The summed E-state index contributed by atoms with van der Waals surface area (Å²) in [6, 6.07) is 17.9. The van der Waals surface area contributed by atoms with Crippen molar-refractivity contribution < 1.29 is 23.8 Å². The number of halogens is 1. The number of methoxy groups -OCH3 is 1. The van der Waals surface area contributed by atoms with Crippen LogP contribution in [-0.4, -0.2) is 36.3 Å². The smallest absolute Gasteiger partial charge is 0.293 e. The molecule has 3 aromatic carbocycles. The van der Waals surface area contributed by atoms with Crippen molar-refractivity contribution in [3.05, 3.63) is 91.8 Å². The van der Waals surface area contributed by atoms with Gasteiger partial charge in [-0.2, -0.15) is 0 Å². The Bertz CT molecular complexity index is 1400. The fraction of sp³-hybridized carbons (Fsp3) is 0.290. The molecule has 0 radical (unpaired) electrons. The molecule has 0 aliphatic carbocycles. The number of ether oxygens (including phenoxy) is 3. The third-order valence-corrected chi connectivity index (χ3v) is 7.79. The summed E-state index contributed by atoms with van der Waals surface area (Å²) >= 11 is 4.49. The first-order chi connectivity index (χ1) is 18.7. The van der Waals surface area contributed by atoms with E-state index in [-0.39, 0.29) is 24.3 Å². The van der Waals surface area contributed by atoms with Gasteiger partial charge in [-0.1, -0.05) is 55.8 Å². The molecular weight excluding hydrogens is 578 g/mol. The van der Waals surface area contributed by atoms with E-state index < -0.39 is 0 Å². The van der Waals surface area contributed by atoms with Gasteiger partial charge in [0.15, 0.2) is 11.5 Å². The van der Waals surface area contributed by atoms with E-state index in [2.05, 4.69) is 41.9 Å². The van der Waals surface area contributed by atoms with Crippen molar-refractivity contribution in [2.75, 3.05) is 20.3 Å². The molecule has 1 aliphatic heterocycles. The number of carbonyl (C=O) groups is 2. The molecule has 0 unspecified atom stereocenters. The molecule has 1 fully saturated rings. The summed E-state index contributed by atoms with van der Waals surface area (Å²) in [6.07, 6.45) is 1.69. The maximum absolute atomic E-state index is 13.1. The van der Waals surface area contributed by atoms with Crippen LogP contribution in [0.2, 0.25) is 0 Å². The van der Waals surface area contributed by atoms with E-state index in [9.17, 15) is 9.59 Å². The number of nitrogens with zero attached hydrogens (tertiary/aromatic N) is 1. The van der Waals surface area contributed by atoms with Crippen LogP contribution in [0.3, 0.4) is 0 Å². The van der Waals surface area contributed by atoms with Crippen LogP contribution in [0.25, 0.3) is 6.08 Å². The predicted molar refractivity (Wildman–Crippen MR) is 160 cm³/mol. The predicted octanol–water partition coefficient (Wildman–Crippen LogP) is 7.89. The Balaban J connectivity index is 1.44. The zero-order valence-electron chi connectivity index (χ0n) is 22.7. The lowest BCUT2D eigenvalue weighted by Crippen LogP contribution is -2.32. The number of imide groups is 1. The Morgan fingerprint density at radius 3 is 2.36 bits per heavy atom. The number of benzene rings is 3. The van der Waals surface area contributed by atoms with Crippen molar-refractivity contribution in [2.45, 2.75) is 40.2 Å². The van der Waals surface area contributed by atoms with Crippen molar-refractivity contribution in [2.24, 2.45) is 0 Å². The van der Waals surface area contributed by atoms with Gasteiger partial charge in [-0.15, -0.1) is 0 Å². The molecule has 1 aliphatic rings. The number of rotatable bonds is 10. The molecule has 2 amide bonds. The molecule has 204 valence electrons. The average Bonchev–Trinajstić information content (AvgIpc) is 3.16. The zero-order valence-corrected chi connectivity index (χ0v) is 25.1. The first kappa shape index (κ1) is 28.8. The fourth-order valence-electron chi connectivity index (χ4n) is 4.14. The van der Waals surface area contributed by atoms with Gasteiger partial charge in [0.05, 0.1) is 23.0 Å². The van der Waals surface area contributed by atoms with E-state index in [1.54, 1.807) is 19.3 Å². The van der Waals surface area contributed by atoms with Gasteiger partial charge in [0, 0.05) is 0 Å². The molecule has 0 bridgehead atoms. The molecule has 8 heteroatoms. The minimum absolute atomic E-state index is 0.173. The highest BCUT2D eigenvalue weighted by Gasteiger charge is 2.35. The van der Waals surface area contributed by atoms with Crippen LogP contribution in [0.4, 0.5) is 4.79 Å². The summed E-state index contributed by atoms with van der Waals surface area (Å²) in [5.41, 5.74) is 5.13. The number of hydrogen-bond acceptors (Lipinski definition) is 6. The zero-order chi connectivity index (χ0) is 28.1. The maximum Gasteiger partial charge on any atom is 0.293 e. The lowest BCUT2D eigenvalue weighted by Gasteiger charge is -2.17. The number of hydrogen-bond donors (Lipinski definition) is 0. The van der Waals surface area contributed by atoms with Gasteiger partial charge in [-0.05, 0) is 94.0 Å². The van der Waals surface area contributed by atoms with Gasteiger partial charge in [0.2, 0.25) is 0 Å². The van der Waals surface area contributed by atoms with Crippen LogP contribution in [0.5, 0.6) is 17.2 Å². The van der Waals surface area contributed by atoms with Gasteiger partial charge < -0.3 is 14.2 Å². The summed E-state index contributed by atoms with van der Waals surface area (Å²) < 4.78 is 18.3. The Morgan fingerprint density at radius 2 is 1.67 bits per heavy atom. The molecule has 39 heavy (non-hydrogen) atoms. The van der Waals surface area contributed by atoms with Crippen LogP contribution in [0, 0.1) is 13.8 Å². The summed E-state index contributed by atoms with van der Waals surface area (Å²) in [6.45, 7) is 9.04. The SMILES string of the molecule is COc1cc(/C=C2\SC(=O)N(CCOc3cc(C)ccc3C(C)C)C2=O)cc(Br)c1OCc1ccc(C)cc1. The largest absolute Gasteiger partial charge is 0.493 e. The number of thioether (sulfide) groups is 1. The van der Waals surface area contributed by atoms with Crippen molar-refractivity contribution in [1.82, 2.24) is 4.90 Å². The van der Waals surface area contributed by atoms with Gasteiger partial charge in [0.25, 0.3) is 11.1 Å². The maximum atomic E-state index is 13.1. The summed E-state index contributed by atoms with van der Waals surface area (Å²) in [7, 11) is 1.57. The van der Waals surface area contributed by atoms with E-state index in [0.29, 0.717) is 39.0 Å². The molecule has 0 N–H and O–H groups in total. The van der Waals surface area contributed by atoms with Crippen LogP contribution in [0.15, 0.2) is 64.0 Å². The van der Waals surface area contributed by atoms with E-state index in [1.807, 2.05) is 50.2 Å². The minimum Gasteiger partial charge on any atom is -0.493 e. The number of amides is 2. The molecule has 0 aromatic heterocycles. The average molecular weight is 611 g/mol. The topological polar surface area (TPSA) is 65.1 Å². The monoisotopic (exact) mass is 609 g/mol. The van der Waals surface area contributed by atoms with Crippen LogP contribution in [-0.2, 0) is 11.4 Å². The second kappa shape index (κ2) is 12.7. The van der Waals surface area contributed by atoms with Crippen LogP contribution >= 0.6 is 27.7 Å². The Labute approximate surface area is 242 Å². The molecule has 1 heterocycles.